The van der Waals surface area contributed by atoms with Crippen LogP contribution in [0.4, 0.5) is 0 Å². The van der Waals surface area contributed by atoms with Crippen molar-refractivity contribution in [1.29, 1.82) is 0 Å². The lowest BCUT2D eigenvalue weighted by molar-refractivity contribution is 0.669. The summed E-state index contributed by atoms with van der Waals surface area (Å²) in [5.41, 5.74) is 9.13. The first-order chi connectivity index (χ1) is 18.3. The monoisotopic (exact) mass is 492 g/mol. The maximum absolute atomic E-state index is 6.22. The van der Waals surface area contributed by atoms with Crippen LogP contribution in [0, 0.1) is 0 Å². The Bertz CT molecular complexity index is 1890. The quantitative estimate of drug-likeness (QED) is 0.227. The zero-order valence-electron chi connectivity index (χ0n) is 20.4. The fourth-order valence-electron chi connectivity index (χ4n) is 5.24. The first kappa shape index (κ1) is 22.0. The third-order valence-corrected chi connectivity index (χ3v) is 7.96. The summed E-state index contributed by atoms with van der Waals surface area (Å²) in [6.07, 6.45) is 2.11. The maximum atomic E-state index is 6.22. The maximum Gasteiger partial charge on any atom is 0.135 e. The molecule has 0 atom stereocenters. The van der Waals surface area contributed by atoms with Gasteiger partial charge in [0.1, 0.15) is 11.2 Å². The number of hydrogen-bond acceptors (Lipinski definition) is 2. The lowest BCUT2D eigenvalue weighted by Crippen LogP contribution is -1.82. The largest absolute Gasteiger partial charge is 0.456 e. The summed E-state index contributed by atoms with van der Waals surface area (Å²) in [6.45, 7) is 0. The van der Waals surface area contributed by atoms with Gasteiger partial charge in [0.2, 0.25) is 0 Å². The van der Waals surface area contributed by atoms with E-state index in [2.05, 4.69) is 134 Å². The predicted octanol–water partition coefficient (Wildman–Crippen LogP) is 10.5. The smallest absolute Gasteiger partial charge is 0.135 e. The van der Waals surface area contributed by atoms with Crippen LogP contribution in [0.15, 0.2) is 137 Å². The number of thioether (sulfide) groups is 1. The molecule has 1 heterocycles. The molecule has 0 fully saturated rings. The van der Waals surface area contributed by atoms with Crippen molar-refractivity contribution in [2.75, 3.05) is 6.26 Å². The summed E-state index contributed by atoms with van der Waals surface area (Å²) in [5.74, 6) is 0. The topological polar surface area (TPSA) is 13.1 Å². The van der Waals surface area contributed by atoms with Gasteiger partial charge in [-0.25, -0.2) is 0 Å². The van der Waals surface area contributed by atoms with Gasteiger partial charge in [-0.3, -0.25) is 0 Å². The van der Waals surface area contributed by atoms with E-state index < -0.39 is 0 Å². The van der Waals surface area contributed by atoms with Crippen molar-refractivity contribution < 1.29 is 4.42 Å². The van der Waals surface area contributed by atoms with Gasteiger partial charge in [-0.2, -0.15) is 0 Å². The van der Waals surface area contributed by atoms with E-state index in [4.69, 9.17) is 4.42 Å². The minimum absolute atomic E-state index is 0.916. The Balaban J connectivity index is 1.29. The molecule has 2 heteroatoms. The van der Waals surface area contributed by atoms with Gasteiger partial charge in [-0.05, 0) is 86.8 Å². The Morgan fingerprint density at radius 3 is 1.70 bits per heavy atom. The Hall–Kier alpha value is -4.27. The van der Waals surface area contributed by atoms with Crippen LogP contribution < -0.4 is 0 Å². The molecular weight excluding hydrogens is 468 g/mol. The molecule has 0 amide bonds. The third-order valence-electron chi connectivity index (χ3n) is 7.21. The van der Waals surface area contributed by atoms with E-state index in [0.29, 0.717) is 0 Å². The Morgan fingerprint density at radius 2 is 1.00 bits per heavy atom. The van der Waals surface area contributed by atoms with Crippen molar-refractivity contribution in [2.24, 2.45) is 0 Å². The molecular formula is C35H24OS. The van der Waals surface area contributed by atoms with Gasteiger partial charge in [0.05, 0.1) is 0 Å². The van der Waals surface area contributed by atoms with Crippen LogP contribution in [-0.4, -0.2) is 6.26 Å². The molecule has 0 aliphatic carbocycles. The molecule has 0 unspecified atom stereocenters. The predicted molar refractivity (Wildman–Crippen MR) is 159 cm³/mol. The molecule has 7 aromatic rings. The zero-order valence-corrected chi connectivity index (χ0v) is 21.3. The van der Waals surface area contributed by atoms with Gasteiger partial charge >= 0.3 is 0 Å². The lowest BCUT2D eigenvalue weighted by Gasteiger charge is -2.07. The minimum atomic E-state index is 0.916. The van der Waals surface area contributed by atoms with E-state index >= 15 is 0 Å². The van der Waals surface area contributed by atoms with Crippen LogP contribution in [0.3, 0.4) is 0 Å². The van der Waals surface area contributed by atoms with E-state index in [1.54, 1.807) is 11.8 Å². The fraction of sp³-hybridized carbons (Fsp3) is 0.0286. The zero-order chi connectivity index (χ0) is 24.8. The normalized spacial score (nSPS) is 11.5. The van der Waals surface area contributed by atoms with Crippen molar-refractivity contribution >= 4 is 44.5 Å². The van der Waals surface area contributed by atoms with E-state index in [9.17, 15) is 0 Å². The van der Waals surface area contributed by atoms with Crippen molar-refractivity contribution in [2.45, 2.75) is 4.90 Å². The molecule has 0 N–H and O–H groups in total. The van der Waals surface area contributed by atoms with E-state index in [-0.39, 0.29) is 0 Å². The summed E-state index contributed by atoms with van der Waals surface area (Å²) < 4.78 is 6.22. The molecule has 37 heavy (non-hydrogen) atoms. The third kappa shape index (κ3) is 3.91. The highest BCUT2D eigenvalue weighted by Gasteiger charge is 2.12. The van der Waals surface area contributed by atoms with Crippen LogP contribution in [0.1, 0.15) is 0 Å². The van der Waals surface area contributed by atoms with Gasteiger partial charge in [0.15, 0.2) is 0 Å². The van der Waals surface area contributed by atoms with Crippen molar-refractivity contribution in [3.8, 4) is 33.4 Å². The van der Waals surface area contributed by atoms with Gasteiger partial charge in [-0.15, -0.1) is 11.8 Å². The Morgan fingerprint density at radius 1 is 0.459 bits per heavy atom. The van der Waals surface area contributed by atoms with Crippen molar-refractivity contribution in [3.05, 3.63) is 127 Å². The summed E-state index contributed by atoms with van der Waals surface area (Å²) in [7, 11) is 0. The first-order valence-electron chi connectivity index (χ1n) is 12.5. The molecule has 1 nitrogen and oxygen atoms in total. The van der Waals surface area contributed by atoms with Crippen LogP contribution in [0.5, 0.6) is 0 Å². The minimum Gasteiger partial charge on any atom is -0.456 e. The molecule has 0 aliphatic heterocycles. The van der Waals surface area contributed by atoms with Gasteiger partial charge in [-0.1, -0.05) is 91.0 Å². The fourth-order valence-corrected chi connectivity index (χ4v) is 5.65. The summed E-state index contributed by atoms with van der Waals surface area (Å²) >= 11 is 1.77. The highest BCUT2D eigenvalue weighted by molar-refractivity contribution is 7.98. The Labute approximate surface area is 220 Å². The summed E-state index contributed by atoms with van der Waals surface area (Å²) in [4.78, 5) is 1.28. The van der Waals surface area contributed by atoms with Gasteiger partial charge < -0.3 is 4.42 Å². The standard InChI is InChI=1S/C35H24OS/c1-37-29-17-13-24(14-18-29)23-9-11-25(12-10-23)27-15-19-34-32(21-27)33-22-28(16-20-35(33)36-34)31-8-4-6-26-5-2-3-7-30(26)31/h2-22H,1H3. The van der Waals surface area contributed by atoms with E-state index in [1.807, 2.05) is 0 Å². The molecule has 176 valence electrons. The second-order valence-corrected chi connectivity index (χ2v) is 10.2. The number of furan rings is 1. The molecule has 0 saturated carbocycles. The lowest BCUT2D eigenvalue weighted by atomic mass is 9.96. The van der Waals surface area contributed by atoms with Gasteiger partial charge in [0.25, 0.3) is 0 Å². The van der Waals surface area contributed by atoms with Crippen LogP contribution >= 0.6 is 11.8 Å². The SMILES string of the molecule is CSc1ccc(-c2ccc(-c3ccc4oc5ccc(-c6cccc7ccccc67)cc5c4c3)cc2)cc1. The van der Waals surface area contributed by atoms with Crippen LogP contribution in [-0.2, 0) is 0 Å². The molecule has 0 aliphatic rings. The molecule has 7 rings (SSSR count). The number of fused-ring (bicyclic) bond motifs is 4. The molecule has 1 aromatic heterocycles. The van der Waals surface area contributed by atoms with Crippen molar-refractivity contribution in [3.63, 3.8) is 0 Å². The number of rotatable bonds is 4. The van der Waals surface area contributed by atoms with Crippen LogP contribution in [0.2, 0.25) is 0 Å². The van der Waals surface area contributed by atoms with E-state index in [1.165, 1.54) is 49.0 Å². The van der Waals surface area contributed by atoms with Gasteiger partial charge in [0, 0.05) is 15.7 Å². The average Bonchev–Trinajstić information content (AvgIpc) is 3.34. The molecule has 0 radical (unpaired) electrons. The number of hydrogen-bond donors (Lipinski definition) is 0. The second-order valence-electron chi connectivity index (χ2n) is 9.36. The highest BCUT2D eigenvalue weighted by Crippen LogP contribution is 2.37. The molecule has 0 spiro atoms. The first-order valence-corrected chi connectivity index (χ1v) is 13.7. The average molecular weight is 493 g/mol. The van der Waals surface area contributed by atoms with Crippen LogP contribution in [0.25, 0.3) is 66.1 Å². The second kappa shape index (κ2) is 8.99. The molecule has 0 bridgehead atoms. The Kier molecular flexibility index (Phi) is 5.34. The van der Waals surface area contributed by atoms with Crippen molar-refractivity contribution in [1.82, 2.24) is 0 Å². The molecule has 6 aromatic carbocycles. The number of benzene rings is 6. The van der Waals surface area contributed by atoms with E-state index in [0.717, 1.165) is 21.9 Å². The summed E-state index contributed by atoms with van der Waals surface area (Å²) in [6, 6.07) is 45.7. The summed E-state index contributed by atoms with van der Waals surface area (Å²) in [5, 5.41) is 4.81. The highest BCUT2D eigenvalue weighted by atomic mass is 32.2. The molecule has 0 saturated heterocycles.